The van der Waals surface area contributed by atoms with Crippen molar-refractivity contribution in [3.8, 4) is 11.4 Å². The van der Waals surface area contributed by atoms with Crippen molar-refractivity contribution in [1.82, 2.24) is 24.6 Å². The van der Waals surface area contributed by atoms with Crippen molar-refractivity contribution < 1.29 is 14.3 Å². The predicted molar refractivity (Wildman–Crippen MR) is 166 cm³/mol. The van der Waals surface area contributed by atoms with Gasteiger partial charge in [0.1, 0.15) is 11.6 Å². The third-order valence-corrected chi connectivity index (χ3v) is 8.57. The zero-order chi connectivity index (χ0) is 29.5. The molecule has 218 valence electrons. The maximum atomic E-state index is 13.1. The summed E-state index contributed by atoms with van der Waals surface area (Å²) >= 11 is 7.67. The van der Waals surface area contributed by atoms with Gasteiger partial charge in [-0.2, -0.15) is 0 Å². The molecular formula is C32H34ClN5O3S. The summed E-state index contributed by atoms with van der Waals surface area (Å²) in [4.78, 5) is 29.7. The Balaban J connectivity index is 1.17. The highest BCUT2D eigenvalue weighted by Gasteiger charge is 2.30. The molecule has 1 atom stereocenters. The van der Waals surface area contributed by atoms with E-state index in [9.17, 15) is 9.59 Å². The van der Waals surface area contributed by atoms with Gasteiger partial charge in [-0.25, -0.2) is 0 Å². The highest BCUT2D eigenvalue weighted by atomic mass is 35.5. The number of hydrogen-bond donors (Lipinski definition) is 0. The van der Waals surface area contributed by atoms with Crippen LogP contribution in [-0.2, 0) is 11.2 Å². The zero-order valence-corrected chi connectivity index (χ0v) is 25.4. The second-order valence-electron chi connectivity index (χ2n) is 10.2. The van der Waals surface area contributed by atoms with Gasteiger partial charge in [-0.1, -0.05) is 59.8 Å². The summed E-state index contributed by atoms with van der Waals surface area (Å²) in [7, 11) is 1.65. The van der Waals surface area contributed by atoms with Crippen LogP contribution in [0.2, 0.25) is 5.02 Å². The number of hydrogen-bond acceptors (Lipinski definition) is 6. The Morgan fingerprint density at radius 1 is 1.00 bits per heavy atom. The number of carbonyl (C=O) groups excluding carboxylic acids is 2. The molecule has 0 radical (unpaired) electrons. The summed E-state index contributed by atoms with van der Waals surface area (Å²) in [5, 5.41) is 10.4. The molecule has 10 heteroatoms. The van der Waals surface area contributed by atoms with Crippen molar-refractivity contribution in [3.05, 3.63) is 101 Å². The monoisotopic (exact) mass is 603 g/mol. The van der Waals surface area contributed by atoms with Gasteiger partial charge in [0.05, 0.1) is 7.11 Å². The molecule has 42 heavy (non-hydrogen) atoms. The largest absolute Gasteiger partial charge is 0.497 e. The van der Waals surface area contributed by atoms with Crippen LogP contribution in [0.1, 0.15) is 41.5 Å². The number of nitrogens with zero attached hydrogens (tertiary/aromatic N) is 5. The molecule has 8 nitrogen and oxygen atoms in total. The lowest BCUT2D eigenvalue weighted by Crippen LogP contribution is -2.55. The van der Waals surface area contributed by atoms with E-state index in [1.54, 1.807) is 43.1 Å². The fraction of sp³-hybridized carbons (Fsp3) is 0.312. The topological polar surface area (TPSA) is 80.6 Å². The lowest BCUT2D eigenvalue weighted by Gasteiger charge is -2.40. The highest BCUT2D eigenvalue weighted by molar-refractivity contribution is 7.99. The van der Waals surface area contributed by atoms with Crippen LogP contribution in [0.3, 0.4) is 0 Å². The summed E-state index contributed by atoms with van der Waals surface area (Å²) in [5.74, 6) is 2.42. The molecule has 1 aromatic heterocycles. The van der Waals surface area contributed by atoms with Crippen LogP contribution < -0.4 is 4.74 Å². The number of rotatable bonds is 10. The first-order valence-electron chi connectivity index (χ1n) is 14.0. The van der Waals surface area contributed by atoms with Gasteiger partial charge in [0.25, 0.3) is 5.91 Å². The summed E-state index contributed by atoms with van der Waals surface area (Å²) in [6.45, 7) is 3.53. The first-order chi connectivity index (χ1) is 20.4. The summed E-state index contributed by atoms with van der Waals surface area (Å²) in [6.07, 6.45) is 1.81. The molecule has 1 aliphatic heterocycles. The molecule has 0 N–H and O–H groups in total. The quantitative estimate of drug-likeness (QED) is 0.169. The van der Waals surface area contributed by atoms with Gasteiger partial charge in [0, 0.05) is 60.5 Å². The van der Waals surface area contributed by atoms with E-state index >= 15 is 0 Å². The van der Waals surface area contributed by atoms with E-state index in [4.69, 9.17) is 16.3 Å². The number of thioether (sulfide) groups is 1. The van der Waals surface area contributed by atoms with Gasteiger partial charge in [-0.3, -0.25) is 14.2 Å². The van der Waals surface area contributed by atoms with Crippen molar-refractivity contribution in [3.63, 3.8) is 0 Å². The highest BCUT2D eigenvalue weighted by Crippen LogP contribution is 2.26. The number of piperazine rings is 1. The Morgan fingerprint density at radius 2 is 1.79 bits per heavy atom. The SMILES string of the molecule is COc1ccc(-n2c(Cc3ccccc3)nnc2SCCCC(=O)N2CCN(C(=O)c3cccc(Cl)c3)C(C)C2)cc1. The minimum Gasteiger partial charge on any atom is -0.497 e. The van der Waals surface area contributed by atoms with E-state index < -0.39 is 0 Å². The van der Waals surface area contributed by atoms with E-state index in [0.29, 0.717) is 49.5 Å². The average molecular weight is 604 g/mol. The minimum atomic E-state index is -0.0744. The lowest BCUT2D eigenvalue weighted by molar-refractivity contribution is -0.133. The van der Waals surface area contributed by atoms with Gasteiger partial charge in [-0.05, 0) is 61.4 Å². The number of methoxy groups -OCH3 is 1. The van der Waals surface area contributed by atoms with Crippen LogP contribution >= 0.6 is 23.4 Å². The van der Waals surface area contributed by atoms with Crippen molar-refractivity contribution in [2.45, 2.75) is 37.4 Å². The molecule has 5 rings (SSSR count). The number of aromatic nitrogens is 3. The van der Waals surface area contributed by atoms with Gasteiger partial charge >= 0.3 is 0 Å². The molecule has 0 aliphatic carbocycles. The second kappa shape index (κ2) is 13.9. The van der Waals surface area contributed by atoms with Gasteiger partial charge < -0.3 is 14.5 Å². The maximum absolute atomic E-state index is 13.1. The summed E-state index contributed by atoms with van der Waals surface area (Å²) < 4.78 is 7.42. The third kappa shape index (κ3) is 7.14. The van der Waals surface area contributed by atoms with Crippen LogP contribution in [-0.4, -0.2) is 74.9 Å². The molecule has 1 fully saturated rings. The van der Waals surface area contributed by atoms with Gasteiger partial charge in [0.15, 0.2) is 5.16 Å². The molecule has 1 aliphatic rings. The first kappa shape index (κ1) is 29.7. The molecule has 0 saturated carbocycles. The summed E-state index contributed by atoms with van der Waals surface area (Å²) in [5.41, 5.74) is 2.69. The fourth-order valence-corrected chi connectivity index (χ4v) is 6.20. The standard InChI is InChI=1S/C32H34ClN5O3S/c1-23-22-36(17-18-37(23)31(40)25-10-6-11-26(33)21-25)30(39)12-7-19-42-32-35-34-29(20-24-8-4-3-5-9-24)38(32)27-13-15-28(41-2)16-14-27/h3-6,8-11,13-16,21,23H,7,12,17-20,22H2,1-2H3. The molecule has 1 saturated heterocycles. The fourth-order valence-electron chi connectivity index (χ4n) is 5.10. The third-order valence-electron chi connectivity index (χ3n) is 7.31. The van der Waals surface area contributed by atoms with Gasteiger partial charge in [-0.15, -0.1) is 10.2 Å². The Labute approximate surface area is 255 Å². The molecular weight excluding hydrogens is 570 g/mol. The molecule has 0 bridgehead atoms. The van der Waals surface area contributed by atoms with Gasteiger partial charge in [0.2, 0.25) is 5.91 Å². The Hall–Kier alpha value is -3.82. The lowest BCUT2D eigenvalue weighted by atomic mass is 10.1. The number of amides is 2. The van der Waals surface area contributed by atoms with Crippen molar-refractivity contribution in [1.29, 1.82) is 0 Å². The van der Waals surface area contributed by atoms with Crippen LogP contribution in [0.25, 0.3) is 5.69 Å². The van der Waals surface area contributed by atoms with E-state index in [1.807, 2.05) is 59.2 Å². The number of benzene rings is 3. The van der Waals surface area contributed by atoms with Crippen LogP contribution in [0.15, 0.2) is 84.0 Å². The molecule has 1 unspecified atom stereocenters. The van der Waals surface area contributed by atoms with E-state index in [0.717, 1.165) is 33.7 Å². The van der Waals surface area contributed by atoms with Crippen LogP contribution in [0.5, 0.6) is 5.75 Å². The molecule has 3 aromatic carbocycles. The molecule has 0 spiro atoms. The van der Waals surface area contributed by atoms with Crippen molar-refractivity contribution in [2.24, 2.45) is 0 Å². The number of carbonyl (C=O) groups is 2. The predicted octanol–water partition coefficient (Wildman–Crippen LogP) is 5.77. The van der Waals surface area contributed by atoms with Crippen LogP contribution in [0, 0.1) is 0 Å². The first-order valence-corrected chi connectivity index (χ1v) is 15.4. The second-order valence-corrected chi connectivity index (χ2v) is 11.7. The average Bonchev–Trinajstić information content (AvgIpc) is 3.41. The zero-order valence-electron chi connectivity index (χ0n) is 23.8. The maximum Gasteiger partial charge on any atom is 0.254 e. The van der Waals surface area contributed by atoms with E-state index in [2.05, 4.69) is 26.9 Å². The van der Waals surface area contributed by atoms with E-state index in [-0.39, 0.29) is 17.9 Å². The Bertz CT molecular complexity index is 1510. The number of ether oxygens (including phenoxy) is 1. The normalized spacial score (nSPS) is 15.1. The molecule has 2 heterocycles. The Morgan fingerprint density at radius 3 is 2.50 bits per heavy atom. The summed E-state index contributed by atoms with van der Waals surface area (Å²) in [6, 6.07) is 25.0. The molecule has 2 amide bonds. The van der Waals surface area contributed by atoms with E-state index in [1.165, 1.54) is 0 Å². The Kier molecular flexibility index (Phi) is 9.81. The molecule has 4 aromatic rings. The minimum absolute atomic E-state index is 0.0545. The smallest absolute Gasteiger partial charge is 0.254 e. The van der Waals surface area contributed by atoms with Crippen molar-refractivity contribution in [2.75, 3.05) is 32.5 Å². The van der Waals surface area contributed by atoms with Crippen LogP contribution in [0.4, 0.5) is 0 Å². The number of halogens is 1. The van der Waals surface area contributed by atoms with Crippen molar-refractivity contribution >= 4 is 35.2 Å².